The minimum Gasteiger partial charge on any atom is -0.504 e. The van der Waals surface area contributed by atoms with Gasteiger partial charge in [-0.1, -0.05) is 59.7 Å². The molecule has 0 unspecified atom stereocenters. The summed E-state index contributed by atoms with van der Waals surface area (Å²) in [5.41, 5.74) is 7.49. The maximum atomic E-state index is 10.5. The van der Waals surface area contributed by atoms with Crippen LogP contribution in [0, 0.1) is 6.92 Å². The summed E-state index contributed by atoms with van der Waals surface area (Å²) in [5, 5.41) is 10.5. The lowest BCUT2D eigenvalue weighted by Crippen LogP contribution is -2.03. The lowest BCUT2D eigenvalue weighted by atomic mass is 9.93. The SMILES string of the molecule is CC1=CC=C(C)C1c1cccc(-c2cc(O)c(OCc3ccccc3)cc2C)n1. The summed E-state index contributed by atoms with van der Waals surface area (Å²) in [6, 6.07) is 19.7. The number of benzene rings is 2. The van der Waals surface area contributed by atoms with E-state index in [9.17, 15) is 5.11 Å². The molecule has 4 rings (SSSR count). The number of aromatic hydroxyl groups is 1. The highest BCUT2D eigenvalue weighted by molar-refractivity contribution is 5.68. The molecule has 0 atom stereocenters. The highest BCUT2D eigenvalue weighted by Crippen LogP contribution is 2.38. The second kappa shape index (κ2) is 7.96. The number of aryl methyl sites for hydroxylation is 1. The van der Waals surface area contributed by atoms with Crippen molar-refractivity contribution in [1.82, 2.24) is 4.98 Å². The number of allylic oxidation sites excluding steroid dienone is 4. The summed E-state index contributed by atoms with van der Waals surface area (Å²) in [4.78, 5) is 4.92. The van der Waals surface area contributed by atoms with E-state index in [4.69, 9.17) is 9.72 Å². The van der Waals surface area contributed by atoms with E-state index in [-0.39, 0.29) is 11.7 Å². The molecule has 0 spiro atoms. The van der Waals surface area contributed by atoms with Crippen molar-refractivity contribution in [3.05, 3.63) is 101 Å². The Morgan fingerprint density at radius 3 is 2.34 bits per heavy atom. The Hall–Kier alpha value is -3.33. The van der Waals surface area contributed by atoms with Gasteiger partial charge in [0.25, 0.3) is 0 Å². The van der Waals surface area contributed by atoms with Crippen LogP contribution in [0.2, 0.25) is 0 Å². The first kappa shape index (κ1) is 19.0. The van der Waals surface area contributed by atoms with Crippen molar-refractivity contribution >= 4 is 0 Å². The van der Waals surface area contributed by atoms with Gasteiger partial charge in [0.2, 0.25) is 0 Å². The van der Waals surface area contributed by atoms with Crippen LogP contribution in [0.25, 0.3) is 11.3 Å². The van der Waals surface area contributed by atoms with Crippen LogP contribution < -0.4 is 4.74 Å². The van der Waals surface area contributed by atoms with Gasteiger partial charge in [-0.25, -0.2) is 0 Å². The third kappa shape index (κ3) is 3.95. The molecule has 1 heterocycles. The first-order chi connectivity index (χ1) is 14.0. The summed E-state index contributed by atoms with van der Waals surface area (Å²) in [6.45, 7) is 6.72. The fraction of sp³-hybridized carbons (Fsp3) is 0.192. The number of hydrogen-bond acceptors (Lipinski definition) is 3. The van der Waals surface area contributed by atoms with Crippen molar-refractivity contribution in [2.24, 2.45) is 0 Å². The molecule has 146 valence electrons. The molecule has 3 heteroatoms. The molecule has 3 aromatic rings. The molecule has 0 bridgehead atoms. The summed E-state index contributed by atoms with van der Waals surface area (Å²) >= 11 is 0. The second-order valence-electron chi connectivity index (χ2n) is 7.61. The van der Waals surface area contributed by atoms with E-state index in [1.165, 1.54) is 11.1 Å². The van der Waals surface area contributed by atoms with Gasteiger partial charge in [-0.05, 0) is 56.2 Å². The van der Waals surface area contributed by atoms with Crippen molar-refractivity contribution < 1.29 is 9.84 Å². The van der Waals surface area contributed by atoms with Crippen molar-refractivity contribution in [3.8, 4) is 22.8 Å². The van der Waals surface area contributed by atoms with Crippen molar-refractivity contribution in [2.75, 3.05) is 0 Å². The highest BCUT2D eigenvalue weighted by Gasteiger charge is 2.21. The Balaban J connectivity index is 1.61. The number of hydrogen-bond donors (Lipinski definition) is 1. The molecule has 0 amide bonds. The van der Waals surface area contributed by atoms with Crippen molar-refractivity contribution in [2.45, 2.75) is 33.3 Å². The topological polar surface area (TPSA) is 42.4 Å². The third-order valence-electron chi connectivity index (χ3n) is 5.41. The predicted molar refractivity (Wildman–Crippen MR) is 117 cm³/mol. The zero-order chi connectivity index (χ0) is 20.4. The first-order valence-electron chi connectivity index (χ1n) is 9.85. The Bertz CT molecular complexity index is 1080. The average Bonchev–Trinajstić information content (AvgIpc) is 3.07. The summed E-state index contributed by atoms with van der Waals surface area (Å²) in [6.07, 6.45) is 4.31. The Morgan fingerprint density at radius 2 is 1.62 bits per heavy atom. The normalized spacial score (nSPS) is 13.9. The van der Waals surface area contributed by atoms with Crippen LogP contribution in [-0.4, -0.2) is 10.1 Å². The molecule has 0 saturated carbocycles. The van der Waals surface area contributed by atoms with Crippen LogP contribution in [0.15, 0.2) is 84.0 Å². The summed E-state index contributed by atoms with van der Waals surface area (Å²) < 4.78 is 5.84. The third-order valence-corrected chi connectivity index (χ3v) is 5.41. The molecule has 0 fully saturated rings. The van der Waals surface area contributed by atoms with Gasteiger partial charge in [0.05, 0.1) is 11.4 Å². The number of phenolic OH excluding ortho intramolecular Hbond substituents is 1. The quantitative estimate of drug-likeness (QED) is 0.560. The molecule has 3 nitrogen and oxygen atoms in total. The Morgan fingerprint density at radius 1 is 0.897 bits per heavy atom. The molecule has 0 radical (unpaired) electrons. The van der Waals surface area contributed by atoms with Gasteiger partial charge in [0.1, 0.15) is 6.61 Å². The monoisotopic (exact) mass is 383 g/mol. The molecule has 0 aliphatic heterocycles. The fourth-order valence-corrected chi connectivity index (χ4v) is 3.84. The van der Waals surface area contributed by atoms with Crippen LogP contribution in [-0.2, 0) is 6.61 Å². The van der Waals surface area contributed by atoms with E-state index in [0.717, 1.165) is 28.1 Å². The largest absolute Gasteiger partial charge is 0.504 e. The minimum atomic E-state index is 0.127. The van der Waals surface area contributed by atoms with Gasteiger partial charge in [-0.3, -0.25) is 4.98 Å². The van der Waals surface area contributed by atoms with Crippen LogP contribution in [0.5, 0.6) is 11.5 Å². The van der Waals surface area contributed by atoms with Crippen LogP contribution >= 0.6 is 0 Å². The van der Waals surface area contributed by atoms with Gasteiger partial charge in [-0.15, -0.1) is 0 Å². The second-order valence-corrected chi connectivity index (χ2v) is 7.61. The molecule has 2 aromatic carbocycles. The Kier molecular flexibility index (Phi) is 5.22. The standard InChI is InChI=1S/C26H25NO2/c1-17-12-13-18(2)26(17)23-11-7-10-22(27-23)21-15-24(28)25(14-19(21)3)29-16-20-8-5-4-6-9-20/h4-15,26,28H,16H2,1-3H3. The number of rotatable bonds is 5. The Labute approximate surface area is 172 Å². The van der Waals surface area contributed by atoms with Gasteiger partial charge in [0.15, 0.2) is 11.5 Å². The number of ether oxygens (including phenoxy) is 1. The van der Waals surface area contributed by atoms with E-state index in [0.29, 0.717) is 12.4 Å². The van der Waals surface area contributed by atoms with Crippen molar-refractivity contribution in [1.29, 1.82) is 0 Å². The maximum absolute atomic E-state index is 10.5. The predicted octanol–water partition coefficient (Wildman–Crippen LogP) is 6.33. The summed E-state index contributed by atoms with van der Waals surface area (Å²) in [7, 11) is 0. The average molecular weight is 383 g/mol. The van der Waals surface area contributed by atoms with Gasteiger partial charge in [-0.2, -0.15) is 0 Å². The fourth-order valence-electron chi connectivity index (χ4n) is 3.84. The van der Waals surface area contributed by atoms with Gasteiger partial charge in [0, 0.05) is 11.5 Å². The molecular weight excluding hydrogens is 358 g/mol. The number of pyridine rings is 1. The number of phenols is 1. The molecule has 1 aromatic heterocycles. The van der Waals surface area contributed by atoms with Crippen LogP contribution in [0.4, 0.5) is 0 Å². The number of nitrogens with zero attached hydrogens (tertiary/aromatic N) is 1. The zero-order valence-electron chi connectivity index (χ0n) is 17.0. The van der Waals surface area contributed by atoms with E-state index in [2.05, 4.69) is 32.1 Å². The van der Waals surface area contributed by atoms with E-state index >= 15 is 0 Å². The molecule has 0 saturated heterocycles. The highest BCUT2D eigenvalue weighted by atomic mass is 16.5. The number of aromatic nitrogens is 1. The van der Waals surface area contributed by atoms with E-state index in [1.54, 1.807) is 6.07 Å². The maximum Gasteiger partial charge on any atom is 0.161 e. The molecule has 29 heavy (non-hydrogen) atoms. The minimum absolute atomic E-state index is 0.127. The zero-order valence-corrected chi connectivity index (χ0v) is 17.0. The lowest BCUT2D eigenvalue weighted by molar-refractivity contribution is 0.289. The molecule has 1 aliphatic carbocycles. The molecule has 1 N–H and O–H groups in total. The first-order valence-corrected chi connectivity index (χ1v) is 9.85. The molecule has 1 aliphatic rings. The van der Waals surface area contributed by atoms with E-state index in [1.807, 2.05) is 55.5 Å². The van der Waals surface area contributed by atoms with Gasteiger partial charge < -0.3 is 9.84 Å². The van der Waals surface area contributed by atoms with Crippen LogP contribution in [0.1, 0.15) is 36.6 Å². The lowest BCUT2D eigenvalue weighted by Gasteiger charge is -2.16. The summed E-state index contributed by atoms with van der Waals surface area (Å²) in [5.74, 6) is 0.846. The van der Waals surface area contributed by atoms with Crippen molar-refractivity contribution in [3.63, 3.8) is 0 Å². The van der Waals surface area contributed by atoms with Crippen LogP contribution in [0.3, 0.4) is 0 Å². The molecular formula is C26H25NO2. The smallest absolute Gasteiger partial charge is 0.161 e. The van der Waals surface area contributed by atoms with Gasteiger partial charge >= 0.3 is 0 Å². The van der Waals surface area contributed by atoms with E-state index < -0.39 is 0 Å².